The fraction of sp³-hybridized carbons (Fsp3) is 0.533. The van der Waals surface area contributed by atoms with Crippen LogP contribution in [0.2, 0.25) is 0 Å². The van der Waals surface area contributed by atoms with Crippen molar-refractivity contribution in [2.75, 3.05) is 11.4 Å². The standard InChI is InChI=1S/C15H18F2N2O/c1-9-7-12(17)14(8-11(9)16)19-6-2-3-13(15(19)20)18-10-4-5-10/h7-8,10,13,18H,2-6H2,1H3. The van der Waals surface area contributed by atoms with Crippen LogP contribution in [0.4, 0.5) is 14.5 Å². The first kappa shape index (κ1) is 13.5. The number of benzene rings is 1. The van der Waals surface area contributed by atoms with E-state index in [-0.39, 0.29) is 23.2 Å². The van der Waals surface area contributed by atoms with E-state index in [4.69, 9.17) is 0 Å². The smallest absolute Gasteiger partial charge is 0.244 e. The molecule has 5 heteroatoms. The Morgan fingerprint density at radius 3 is 2.65 bits per heavy atom. The van der Waals surface area contributed by atoms with Crippen LogP contribution in [0.1, 0.15) is 31.2 Å². The van der Waals surface area contributed by atoms with Gasteiger partial charge < -0.3 is 10.2 Å². The zero-order valence-electron chi connectivity index (χ0n) is 11.5. The molecule has 1 aromatic carbocycles. The van der Waals surface area contributed by atoms with Gasteiger partial charge in [-0.15, -0.1) is 0 Å². The van der Waals surface area contributed by atoms with Crippen LogP contribution in [-0.4, -0.2) is 24.5 Å². The minimum Gasteiger partial charge on any atom is -0.308 e. The van der Waals surface area contributed by atoms with Crippen LogP contribution in [0.5, 0.6) is 0 Å². The number of carbonyl (C=O) groups excluding carboxylic acids is 1. The third-order valence-corrected chi connectivity index (χ3v) is 3.97. The van der Waals surface area contributed by atoms with Gasteiger partial charge in [0.1, 0.15) is 11.6 Å². The lowest BCUT2D eigenvalue weighted by molar-refractivity contribution is -0.121. The molecule has 0 spiro atoms. The molecule has 3 nitrogen and oxygen atoms in total. The van der Waals surface area contributed by atoms with Gasteiger partial charge in [0, 0.05) is 18.7 Å². The van der Waals surface area contributed by atoms with Gasteiger partial charge >= 0.3 is 0 Å². The van der Waals surface area contributed by atoms with Crippen molar-refractivity contribution in [2.45, 2.75) is 44.7 Å². The molecule has 0 radical (unpaired) electrons. The van der Waals surface area contributed by atoms with E-state index in [0.29, 0.717) is 12.6 Å². The highest BCUT2D eigenvalue weighted by atomic mass is 19.1. The molecule has 1 heterocycles. The third kappa shape index (κ3) is 2.54. The molecule has 1 saturated heterocycles. The molecule has 0 bridgehead atoms. The normalized spacial score (nSPS) is 23.2. The molecule has 1 aliphatic heterocycles. The second-order valence-corrected chi connectivity index (χ2v) is 5.68. The Labute approximate surface area is 117 Å². The summed E-state index contributed by atoms with van der Waals surface area (Å²) in [5.41, 5.74) is 0.309. The summed E-state index contributed by atoms with van der Waals surface area (Å²) < 4.78 is 27.6. The van der Waals surface area contributed by atoms with Gasteiger partial charge in [0.2, 0.25) is 5.91 Å². The molecule has 20 heavy (non-hydrogen) atoms. The van der Waals surface area contributed by atoms with E-state index in [9.17, 15) is 13.6 Å². The Balaban J connectivity index is 1.84. The Kier molecular flexibility index (Phi) is 3.46. The van der Waals surface area contributed by atoms with E-state index in [1.165, 1.54) is 11.8 Å². The largest absolute Gasteiger partial charge is 0.308 e. The van der Waals surface area contributed by atoms with Gasteiger partial charge in [-0.25, -0.2) is 8.78 Å². The highest BCUT2D eigenvalue weighted by Crippen LogP contribution is 2.28. The van der Waals surface area contributed by atoms with Gasteiger partial charge in [0.25, 0.3) is 0 Å². The molecule has 1 unspecified atom stereocenters. The van der Waals surface area contributed by atoms with Crippen molar-refractivity contribution in [3.05, 3.63) is 29.3 Å². The average Bonchev–Trinajstić information content (AvgIpc) is 3.21. The topological polar surface area (TPSA) is 32.3 Å². The fourth-order valence-electron chi connectivity index (χ4n) is 2.65. The maximum Gasteiger partial charge on any atom is 0.244 e. The van der Waals surface area contributed by atoms with Crippen LogP contribution < -0.4 is 10.2 Å². The molecular weight excluding hydrogens is 262 g/mol. The summed E-state index contributed by atoms with van der Waals surface area (Å²) in [6.07, 6.45) is 3.75. The van der Waals surface area contributed by atoms with E-state index in [1.807, 2.05) is 0 Å². The molecule has 1 aromatic rings. The highest BCUT2D eigenvalue weighted by molar-refractivity contribution is 5.98. The zero-order valence-corrected chi connectivity index (χ0v) is 11.5. The second kappa shape index (κ2) is 5.13. The number of anilines is 1. The summed E-state index contributed by atoms with van der Waals surface area (Å²) in [5.74, 6) is -1.17. The van der Waals surface area contributed by atoms with Crippen molar-refractivity contribution in [1.29, 1.82) is 0 Å². The predicted molar refractivity (Wildman–Crippen MR) is 72.6 cm³/mol. The minimum absolute atomic E-state index is 0.0559. The first-order valence-electron chi connectivity index (χ1n) is 7.09. The Morgan fingerprint density at radius 1 is 1.20 bits per heavy atom. The summed E-state index contributed by atoms with van der Waals surface area (Å²) >= 11 is 0. The van der Waals surface area contributed by atoms with Gasteiger partial charge in [-0.05, 0) is 44.2 Å². The van der Waals surface area contributed by atoms with Crippen LogP contribution >= 0.6 is 0 Å². The van der Waals surface area contributed by atoms with Crippen LogP contribution in [0, 0.1) is 18.6 Å². The zero-order chi connectivity index (χ0) is 14.3. The molecular formula is C15H18F2N2O. The van der Waals surface area contributed by atoms with E-state index >= 15 is 0 Å². The van der Waals surface area contributed by atoms with E-state index in [1.54, 1.807) is 0 Å². The fourth-order valence-corrected chi connectivity index (χ4v) is 2.65. The lowest BCUT2D eigenvalue weighted by atomic mass is 10.0. The van der Waals surface area contributed by atoms with E-state index < -0.39 is 11.6 Å². The van der Waals surface area contributed by atoms with Crippen LogP contribution in [-0.2, 0) is 4.79 Å². The van der Waals surface area contributed by atoms with E-state index in [0.717, 1.165) is 37.8 Å². The molecule has 1 N–H and O–H groups in total. The van der Waals surface area contributed by atoms with Gasteiger partial charge in [-0.3, -0.25) is 4.79 Å². The van der Waals surface area contributed by atoms with Crippen molar-refractivity contribution >= 4 is 11.6 Å². The SMILES string of the molecule is Cc1cc(F)c(N2CCCC(NC3CC3)C2=O)cc1F. The molecule has 3 rings (SSSR count). The molecule has 2 fully saturated rings. The van der Waals surface area contributed by atoms with E-state index in [2.05, 4.69) is 5.32 Å². The molecule has 1 amide bonds. The monoisotopic (exact) mass is 280 g/mol. The number of hydrogen-bond acceptors (Lipinski definition) is 2. The number of amides is 1. The van der Waals surface area contributed by atoms with Crippen LogP contribution in [0.25, 0.3) is 0 Å². The summed E-state index contributed by atoms with van der Waals surface area (Å²) in [7, 11) is 0. The first-order valence-corrected chi connectivity index (χ1v) is 7.09. The first-order chi connectivity index (χ1) is 9.56. The molecule has 1 saturated carbocycles. The Hall–Kier alpha value is -1.49. The van der Waals surface area contributed by atoms with Crippen LogP contribution in [0.15, 0.2) is 12.1 Å². The van der Waals surface area contributed by atoms with Crippen molar-refractivity contribution in [3.63, 3.8) is 0 Å². The lowest BCUT2D eigenvalue weighted by Gasteiger charge is -2.33. The Bertz CT molecular complexity index is 543. The number of carbonyl (C=O) groups is 1. The second-order valence-electron chi connectivity index (χ2n) is 5.68. The maximum absolute atomic E-state index is 14.0. The Morgan fingerprint density at radius 2 is 1.95 bits per heavy atom. The van der Waals surface area contributed by atoms with Crippen molar-refractivity contribution < 1.29 is 13.6 Å². The van der Waals surface area contributed by atoms with Gasteiger partial charge in [-0.2, -0.15) is 0 Å². The number of rotatable bonds is 3. The minimum atomic E-state index is -0.538. The number of hydrogen-bond donors (Lipinski definition) is 1. The number of aryl methyl sites for hydroxylation is 1. The molecule has 1 atom stereocenters. The van der Waals surface area contributed by atoms with Crippen molar-refractivity contribution in [1.82, 2.24) is 5.32 Å². The summed E-state index contributed by atoms with van der Waals surface area (Å²) in [6.45, 7) is 1.96. The van der Waals surface area contributed by atoms with Gasteiger partial charge in [-0.1, -0.05) is 0 Å². The lowest BCUT2D eigenvalue weighted by Crippen LogP contribution is -2.51. The summed E-state index contributed by atoms with van der Waals surface area (Å²) in [5, 5.41) is 3.28. The maximum atomic E-state index is 14.0. The molecule has 2 aliphatic rings. The predicted octanol–water partition coefficient (Wildman–Crippen LogP) is 2.52. The number of piperidine rings is 1. The van der Waals surface area contributed by atoms with Gasteiger partial charge in [0.05, 0.1) is 11.7 Å². The average molecular weight is 280 g/mol. The summed E-state index contributed by atoms with van der Waals surface area (Å²) in [4.78, 5) is 13.8. The number of nitrogens with one attached hydrogen (secondary N) is 1. The summed E-state index contributed by atoms with van der Waals surface area (Å²) in [6, 6.07) is 2.43. The molecule has 0 aromatic heterocycles. The van der Waals surface area contributed by atoms with Gasteiger partial charge in [0.15, 0.2) is 0 Å². The molecule has 1 aliphatic carbocycles. The highest BCUT2D eigenvalue weighted by Gasteiger charge is 2.34. The van der Waals surface area contributed by atoms with Crippen molar-refractivity contribution in [3.8, 4) is 0 Å². The van der Waals surface area contributed by atoms with Crippen molar-refractivity contribution in [2.24, 2.45) is 0 Å². The quantitative estimate of drug-likeness (QED) is 0.922. The van der Waals surface area contributed by atoms with Crippen LogP contribution in [0.3, 0.4) is 0 Å². The number of nitrogens with zero attached hydrogens (tertiary/aromatic N) is 1. The number of halogens is 2. The third-order valence-electron chi connectivity index (χ3n) is 3.97. The molecule has 108 valence electrons.